The first kappa shape index (κ1) is 17.6. The Kier molecular flexibility index (Phi) is 7.90. The van der Waals surface area contributed by atoms with Crippen LogP contribution in [-0.2, 0) is 9.59 Å². The highest BCUT2D eigenvalue weighted by Crippen LogP contribution is 2.27. The number of hydrogen-bond acceptors (Lipinski definition) is 3. The number of carboxylic acids is 1. The molecule has 1 aromatic rings. The van der Waals surface area contributed by atoms with Crippen molar-refractivity contribution < 1.29 is 14.7 Å². The molecule has 0 aliphatic carbocycles. The van der Waals surface area contributed by atoms with E-state index in [0.717, 1.165) is 12.0 Å². The highest BCUT2D eigenvalue weighted by Gasteiger charge is 2.25. The van der Waals surface area contributed by atoms with E-state index in [2.05, 4.69) is 19.2 Å². The van der Waals surface area contributed by atoms with Crippen molar-refractivity contribution in [2.24, 2.45) is 5.92 Å². The third-order valence-corrected chi connectivity index (χ3v) is 4.37. The molecule has 0 spiro atoms. The van der Waals surface area contributed by atoms with Gasteiger partial charge < -0.3 is 10.4 Å². The lowest BCUT2D eigenvalue weighted by molar-refractivity contribution is -0.133. The van der Waals surface area contributed by atoms with E-state index in [1.165, 1.54) is 11.8 Å². The molecule has 1 rings (SSSR count). The van der Waals surface area contributed by atoms with Crippen molar-refractivity contribution in [3.8, 4) is 0 Å². The van der Waals surface area contributed by atoms with E-state index in [9.17, 15) is 9.59 Å². The molecule has 5 heteroatoms. The van der Waals surface area contributed by atoms with E-state index < -0.39 is 5.97 Å². The van der Waals surface area contributed by atoms with Crippen molar-refractivity contribution in [1.29, 1.82) is 0 Å². The van der Waals surface area contributed by atoms with Crippen molar-refractivity contribution in [2.45, 2.75) is 26.2 Å². The molecule has 0 aliphatic heterocycles. The third-order valence-electron chi connectivity index (χ3n) is 3.43. The first-order valence-electron chi connectivity index (χ1n) is 7.18. The number of thioether (sulfide) groups is 1. The normalized spacial score (nSPS) is 13.4. The van der Waals surface area contributed by atoms with Crippen molar-refractivity contribution in [2.75, 3.05) is 18.1 Å². The van der Waals surface area contributed by atoms with Gasteiger partial charge in [0.1, 0.15) is 0 Å². The number of carboxylic acid groups (broad SMARTS) is 1. The second kappa shape index (κ2) is 9.45. The molecule has 2 atom stereocenters. The molecule has 0 aromatic heterocycles. The molecule has 0 saturated carbocycles. The molecule has 4 nitrogen and oxygen atoms in total. The summed E-state index contributed by atoms with van der Waals surface area (Å²) in [5.41, 5.74) is 1.03. The van der Waals surface area contributed by atoms with E-state index in [-0.39, 0.29) is 23.5 Å². The average Bonchev–Trinajstić information content (AvgIpc) is 2.47. The Balaban J connectivity index is 2.55. The molecule has 1 amide bonds. The molecule has 1 aromatic carbocycles. The third kappa shape index (κ3) is 6.21. The predicted molar refractivity (Wildman–Crippen MR) is 86.6 cm³/mol. The van der Waals surface area contributed by atoms with Gasteiger partial charge in [-0.15, -0.1) is 11.8 Å². The molecular formula is C16H23NO3S. The van der Waals surface area contributed by atoms with E-state index in [1.807, 2.05) is 30.3 Å². The summed E-state index contributed by atoms with van der Waals surface area (Å²) in [6.45, 7) is 4.66. The first-order chi connectivity index (χ1) is 10.1. The Morgan fingerprint density at radius 1 is 1.29 bits per heavy atom. The molecule has 0 radical (unpaired) electrons. The number of carbonyl (C=O) groups is 2. The number of aliphatic carboxylic acids is 1. The SMILES string of the molecule is CCC(C)C(C(=O)NCCSCC(=O)O)c1ccccc1. The minimum atomic E-state index is -0.826. The van der Waals surface area contributed by atoms with Gasteiger partial charge in [0.2, 0.25) is 5.91 Å². The van der Waals surface area contributed by atoms with Gasteiger partial charge in [0.15, 0.2) is 0 Å². The highest BCUT2D eigenvalue weighted by molar-refractivity contribution is 7.99. The van der Waals surface area contributed by atoms with Crippen LogP contribution in [0.5, 0.6) is 0 Å². The van der Waals surface area contributed by atoms with Gasteiger partial charge in [-0.05, 0) is 11.5 Å². The minimum absolute atomic E-state index is 0.0199. The lowest BCUT2D eigenvalue weighted by atomic mass is 9.85. The summed E-state index contributed by atoms with van der Waals surface area (Å²) in [6.07, 6.45) is 0.931. The molecule has 0 heterocycles. The van der Waals surface area contributed by atoms with Gasteiger partial charge in [-0.2, -0.15) is 0 Å². The van der Waals surface area contributed by atoms with Gasteiger partial charge >= 0.3 is 5.97 Å². The van der Waals surface area contributed by atoms with Crippen LogP contribution < -0.4 is 5.32 Å². The summed E-state index contributed by atoms with van der Waals surface area (Å²) in [5, 5.41) is 11.5. The standard InChI is InChI=1S/C16H23NO3S/c1-3-12(2)15(13-7-5-4-6-8-13)16(20)17-9-10-21-11-14(18)19/h4-8,12,15H,3,9-11H2,1-2H3,(H,17,20)(H,18,19). The van der Waals surface area contributed by atoms with E-state index in [1.54, 1.807) is 0 Å². The number of hydrogen-bond donors (Lipinski definition) is 2. The Morgan fingerprint density at radius 2 is 1.95 bits per heavy atom. The summed E-state index contributed by atoms with van der Waals surface area (Å²) < 4.78 is 0. The number of benzene rings is 1. The fourth-order valence-electron chi connectivity index (χ4n) is 2.15. The van der Waals surface area contributed by atoms with Crippen LogP contribution in [0.15, 0.2) is 30.3 Å². The van der Waals surface area contributed by atoms with Crippen LogP contribution in [0.2, 0.25) is 0 Å². The van der Waals surface area contributed by atoms with E-state index in [0.29, 0.717) is 12.3 Å². The number of carbonyl (C=O) groups excluding carboxylic acids is 1. The van der Waals surface area contributed by atoms with Gasteiger partial charge in [-0.25, -0.2) is 0 Å². The monoisotopic (exact) mass is 309 g/mol. The summed E-state index contributed by atoms with van der Waals surface area (Å²) in [6, 6.07) is 9.80. The molecular weight excluding hydrogens is 286 g/mol. The van der Waals surface area contributed by atoms with Crippen molar-refractivity contribution in [3.63, 3.8) is 0 Å². The van der Waals surface area contributed by atoms with Crippen LogP contribution in [0.4, 0.5) is 0 Å². The Hall–Kier alpha value is -1.49. The lowest BCUT2D eigenvalue weighted by Crippen LogP contribution is -2.34. The molecule has 0 bridgehead atoms. The second-order valence-electron chi connectivity index (χ2n) is 5.01. The number of amides is 1. The van der Waals surface area contributed by atoms with Crippen LogP contribution in [-0.4, -0.2) is 35.0 Å². The largest absolute Gasteiger partial charge is 0.481 e. The minimum Gasteiger partial charge on any atom is -0.481 e. The zero-order chi connectivity index (χ0) is 15.7. The predicted octanol–water partition coefficient (Wildman–Crippen LogP) is 2.75. The molecule has 116 valence electrons. The molecule has 21 heavy (non-hydrogen) atoms. The summed E-state index contributed by atoms with van der Waals surface area (Å²) in [5.74, 6) is -0.0111. The maximum atomic E-state index is 12.4. The quantitative estimate of drug-likeness (QED) is 0.688. The highest BCUT2D eigenvalue weighted by atomic mass is 32.2. The second-order valence-corrected chi connectivity index (χ2v) is 6.12. The van der Waals surface area contributed by atoms with Gasteiger partial charge in [-0.1, -0.05) is 50.6 Å². The van der Waals surface area contributed by atoms with Crippen LogP contribution in [0.1, 0.15) is 31.7 Å². The average molecular weight is 309 g/mol. The number of nitrogens with one attached hydrogen (secondary N) is 1. The summed E-state index contributed by atoms with van der Waals surface area (Å²) in [4.78, 5) is 22.8. The molecule has 2 N–H and O–H groups in total. The molecule has 0 saturated heterocycles. The maximum Gasteiger partial charge on any atom is 0.313 e. The van der Waals surface area contributed by atoms with Crippen LogP contribution >= 0.6 is 11.8 Å². The van der Waals surface area contributed by atoms with Crippen LogP contribution in [0.3, 0.4) is 0 Å². The maximum absolute atomic E-state index is 12.4. The van der Waals surface area contributed by atoms with Crippen LogP contribution in [0.25, 0.3) is 0 Å². The molecule has 0 fully saturated rings. The van der Waals surface area contributed by atoms with E-state index in [4.69, 9.17) is 5.11 Å². The molecule has 2 unspecified atom stereocenters. The van der Waals surface area contributed by atoms with Crippen molar-refractivity contribution in [3.05, 3.63) is 35.9 Å². The van der Waals surface area contributed by atoms with Crippen molar-refractivity contribution >= 4 is 23.6 Å². The van der Waals surface area contributed by atoms with Crippen molar-refractivity contribution in [1.82, 2.24) is 5.32 Å². The topological polar surface area (TPSA) is 66.4 Å². The van der Waals surface area contributed by atoms with Gasteiger partial charge in [0.05, 0.1) is 11.7 Å². The zero-order valence-corrected chi connectivity index (χ0v) is 13.4. The van der Waals surface area contributed by atoms with Gasteiger partial charge in [0.25, 0.3) is 0 Å². The Labute approximate surface area is 130 Å². The Bertz CT molecular complexity index is 450. The smallest absolute Gasteiger partial charge is 0.313 e. The number of rotatable bonds is 9. The Morgan fingerprint density at radius 3 is 2.52 bits per heavy atom. The fourth-order valence-corrected chi connectivity index (χ4v) is 2.72. The summed E-state index contributed by atoms with van der Waals surface area (Å²) >= 11 is 1.31. The summed E-state index contributed by atoms with van der Waals surface area (Å²) in [7, 11) is 0. The molecule has 0 aliphatic rings. The van der Waals surface area contributed by atoms with E-state index >= 15 is 0 Å². The van der Waals surface area contributed by atoms with Gasteiger partial charge in [0, 0.05) is 12.3 Å². The first-order valence-corrected chi connectivity index (χ1v) is 8.34. The fraction of sp³-hybridized carbons (Fsp3) is 0.500. The zero-order valence-electron chi connectivity index (χ0n) is 12.5. The van der Waals surface area contributed by atoms with Gasteiger partial charge in [-0.3, -0.25) is 9.59 Å². The van der Waals surface area contributed by atoms with Crippen LogP contribution in [0, 0.1) is 5.92 Å². The lowest BCUT2D eigenvalue weighted by Gasteiger charge is -2.22.